The first-order chi connectivity index (χ1) is 10.5. The molecule has 1 aromatic rings. The molecule has 0 aliphatic rings. The fourth-order valence-corrected chi connectivity index (χ4v) is 1.62. The predicted octanol–water partition coefficient (Wildman–Crippen LogP) is 2.41. The quantitative estimate of drug-likeness (QED) is 0.592. The topological polar surface area (TPSA) is 64.6 Å². The molecule has 0 saturated heterocycles. The molecule has 22 heavy (non-hydrogen) atoms. The lowest BCUT2D eigenvalue weighted by Gasteiger charge is -2.07. The molecular weight excluding hydrogens is 282 g/mol. The molecule has 0 saturated carbocycles. The SMILES string of the molecule is CCOc1ccccc1/C=C/C(=O)OCC(=O)NCC(C)C. The van der Waals surface area contributed by atoms with E-state index in [9.17, 15) is 9.59 Å². The van der Waals surface area contributed by atoms with Gasteiger partial charge in [0.05, 0.1) is 6.61 Å². The average molecular weight is 305 g/mol. The van der Waals surface area contributed by atoms with E-state index >= 15 is 0 Å². The van der Waals surface area contributed by atoms with Crippen molar-refractivity contribution < 1.29 is 19.1 Å². The monoisotopic (exact) mass is 305 g/mol. The average Bonchev–Trinajstić information content (AvgIpc) is 2.50. The van der Waals surface area contributed by atoms with Gasteiger partial charge in [0.2, 0.25) is 0 Å². The van der Waals surface area contributed by atoms with Crippen LogP contribution in [0.1, 0.15) is 26.3 Å². The van der Waals surface area contributed by atoms with Crippen molar-refractivity contribution in [1.29, 1.82) is 0 Å². The third kappa shape index (κ3) is 6.92. The zero-order valence-electron chi connectivity index (χ0n) is 13.3. The first kappa shape index (κ1) is 17.8. The van der Waals surface area contributed by atoms with E-state index in [0.717, 1.165) is 5.56 Å². The van der Waals surface area contributed by atoms with E-state index < -0.39 is 5.97 Å². The Bertz CT molecular complexity index is 523. The maximum Gasteiger partial charge on any atom is 0.331 e. The predicted molar refractivity (Wildman–Crippen MR) is 85.5 cm³/mol. The summed E-state index contributed by atoms with van der Waals surface area (Å²) in [5.41, 5.74) is 0.783. The highest BCUT2D eigenvalue weighted by Gasteiger charge is 2.06. The number of carbonyl (C=O) groups is 2. The molecule has 0 bridgehead atoms. The minimum atomic E-state index is -0.564. The molecule has 0 unspecified atom stereocenters. The van der Waals surface area contributed by atoms with Crippen LogP contribution in [0.3, 0.4) is 0 Å². The Morgan fingerprint density at radius 3 is 2.68 bits per heavy atom. The molecule has 1 amide bonds. The summed E-state index contributed by atoms with van der Waals surface area (Å²) < 4.78 is 10.3. The Morgan fingerprint density at radius 1 is 1.27 bits per heavy atom. The van der Waals surface area contributed by atoms with Gasteiger partial charge < -0.3 is 14.8 Å². The van der Waals surface area contributed by atoms with Gasteiger partial charge in [0.15, 0.2) is 6.61 Å². The van der Waals surface area contributed by atoms with Gasteiger partial charge in [0, 0.05) is 18.2 Å². The van der Waals surface area contributed by atoms with Crippen molar-refractivity contribution in [3.8, 4) is 5.75 Å². The van der Waals surface area contributed by atoms with E-state index in [4.69, 9.17) is 9.47 Å². The van der Waals surface area contributed by atoms with Gasteiger partial charge in [0.25, 0.3) is 5.91 Å². The van der Waals surface area contributed by atoms with Crippen molar-refractivity contribution in [3.63, 3.8) is 0 Å². The molecule has 0 radical (unpaired) electrons. The first-order valence-electron chi connectivity index (χ1n) is 7.36. The summed E-state index contributed by atoms with van der Waals surface area (Å²) in [4.78, 5) is 23.0. The molecule has 1 rings (SSSR count). The number of hydrogen-bond acceptors (Lipinski definition) is 4. The van der Waals surface area contributed by atoms with Crippen LogP contribution in [0.25, 0.3) is 6.08 Å². The van der Waals surface area contributed by atoms with E-state index in [2.05, 4.69) is 5.32 Å². The zero-order chi connectivity index (χ0) is 16.4. The van der Waals surface area contributed by atoms with Crippen molar-refractivity contribution in [2.75, 3.05) is 19.8 Å². The molecule has 1 aromatic carbocycles. The third-order valence-electron chi connectivity index (χ3n) is 2.67. The van der Waals surface area contributed by atoms with Gasteiger partial charge >= 0.3 is 5.97 Å². The second-order valence-electron chi connectivity index (χ2n) is 5.11. The van der Waals surface area contributed by atoms with Crippen LogP contribution in [0, 0.1) is 5.92 Å². The highest BCUT2D eigenvalue weighted by molar-refractivity contribution is 5.89. The van der Waals surface area contributed by atoms with Crippen LogP contribution in [-0.2, 0) is 14.3 Å². The molecule has 1 N–H and O–H groups in total. The fraction of sp³-hybridized carbons (Fsp3) is 0.412. The van der Waals surface area contributed by atoms with Crippen molar-refractivity contribution >= 4 is 18.0 Å². The van der Waals surface area contributed by atoms with Crippen LogP contribution < -0.4 is 10.1 Å². The number of carbonyl (C=O) groups excluding carboxylic acids is 2. The van der Waals surface area contributed by atoms with Crippen LogP contribution in [0.4, 0.5) is 0 Å². The van der Waals surface area contributed by atoms with Gasteiger partial charge in [-0.2, -0.15) is 0 Å². The van der Waals surface area contributed by atoms with Crippen LogP contribution >= 0.6 is 0 Å². The summed E-state index contributed by atoms with van der Waals surface area (Å²) in [6, 6.07) is 7.38. The highest BCUT2D eigenvalue weighted by Crippen LogP contribution is 2.19. The molecular formula is C17H23NO4. The fourth-order valence-electron chi connectivity index (χ4n) is 1.62. The van der Waals surface area contributed by atoms with Gasteiger partial charge in [-0.1, -0.05) is 32.0 Å². The second-order valence-corrected chi connectivity index (χ2v) is 5.11. The molecule has 0 aliphatic heterocycles. The Hall–Kier alpha value is -2.30. The van der Waals surface area contributed by atoms with E-state index in [-0.39, 0.29) is 12.5 Å². The number of esters is 1. The van der Waals surface area contributed by atoms with E-state index in [1.165, 1.54) is 6.08 Å². The summed E-state index contributed by atoms with van der Waals surface area (Å²) in [6.45, 7) is 6.71. The minimum Gasteiger partial charge on any atom is -0.493 e. The van der Waals surface area contributed by atoms with Gasteiger partial charge in [-0.25, -0.2) is 4.79 Å². The van der Waals surface area contributed by atoms with Crippen LogP contribution in [0.5, 0.6) is 5.75 Å². The summed E-state index contributed by atoms with van der Waals surface area (Å²) in [6.07, 6.45) is 2.90. The van der Waals surface area contributed by atoms with Crippen LogP contribution in [-0.4, -0.2) is 31.6 Å². The number of hydrogen-bond donors (Lipinski definition) is 1. The van der Waals surface area contributed by atoms with Crippen molar-refractivity contribution in [2.45, 2.75) is 20.8 Å². The van der Waals surface area contributed by atoms with Crippen molar-refractivity contribution in [1.82, 2.24) is 5.32 Å². The van der Waals surface area contributed by atoms with E-state index in [1.54, 1.807) is 6.08 Å². The number of benzene rings is 1. The molecule has 0 aliphatic carbocycles. The van der Waals surface area contributed by atoms with Crippen LogP contribution in [0.2, 0.25) is 0 Å². The molecule has 0 fully saturated rings. The Labute approximate surface area is 131 Å². The Morgan fingerprint density at radius 2 is 2.00 bits per heavy atom. The highest BCUT2D eigenvalue weighted by atomic mass is 16.5. The van der Waals surface area contributed by atoms with Gasteiger partial charge in [-0.15, -0.1) is 0 Å². The van der Waals surface area contributed by atoms with Crippen molar-refractivity contribution in [2.24, 2.45) is 5.92 Å². The Balaban J connectivity index is 2.46. The molecule has 0 aromatic heterocycles. The number of nitrogens with one attached hydrogen (secondary N) is 1. The van der Waals surface area contributed by atoms with Crippen molar-refractivity contribution in [3.05, 3.63) is 35.9 Å². The normalized spacial score (nSPS) is 10.7. The summed E-state index contributed by atoms with van der Waals surface area (Å²) in [7, 11) is 0. The van der Waals surface area contributed by atoms with Crippen LogP contribution in [0.15, 0.2) is 30.3 Å². The summed E-state index contributed by atoms with van der Waals surface area (Å²) >= 11 is 0. The minimum absolute atomic E-state index is 0.275. The standard InChI is InChI=1S/C17H23NO4/c1-4-21-15-8-6-5-7-14(15)9-10-17(20)22-12-16(19)18-11-13(2)3/h5-10,13H,4,11-12H2,1-3H3,(H,18,19)/b10-9+. The second kappa shape index (κ2) is 9.60. The van der Waals surface area contributed by atoms with Gasteiger partial charge in [-0.05, 0) is 25.0 Å². The smallest absolute Gasteiger partial charge is 0.331 e. The first-order valence-corrected chi connectivity index (χ1v) is 7.36. The number of para-hydroxylation sites is 1. The Kier molecular flexibility index (Phi) is 7.75. The molecule has 0 atom stereocenters. The zero-order valence-corrected chi connectivity index (χ0v) is 13.3. The number of amides is 1. The summed E-state index contributed by atoms with van der Waals surface area (Å²) in [5, 5.41) is 2.68. The number of rotatable bonds is 8. The molecule has 5 heteroatoms. The van der Waals surface area contributed by atoms with E-state index in [0.29, 0.717) is 24.8 Å². The lowest BCUT2D eigenvalue weighted by atomic mass is 10.2. The van der Waals surface area contributed by atoms with Gasteiger partial charge in [0.1, 0.15) is 5.75 Å². The largest absolute Gasteiger partial charge is 0.493 e. The third-order valence-corrected chi connectivity index (χ3v) is 2.67. The maximum atomic E-state index is 11.6. The lowest BCUT2D eigenvalue weighted by Crippen LogP contribution is -2.31. The molecule has 5 nitrogen and oxygen atoms in total. The maximum absolute atomic E-state index is 11.6. The molecule has 0 spiro atoms. The number of ether oxygens (including phenoxy) is 2. The summed E-state index contributed by atoms with van der Waals surface area (Å²) in [5.74, 6) is 0.189. The lowest BCUT2D eigenvalue weighted by molar-refractivity contribution is -0.143. The van der Waals surface area contributed by atoms with Gasteiger partial charge in [-0.3, -0.25) is 4.79 Å². The molecule has 0 heterocycles. The van der Waals surface area contributed by atoms with E-state index in [1.807, 2.05) is 45.0 Å². The molecule has 120 valence electrons.